The van der Waals surface area contributed by atoms with Crippen LogP contribution in [-0.4, -0.2) is 81.7 Å². The van der Waals surface area contributed by atoms with Crippen molar-refractivity contribution >= 4 is 23.2 Å². The molecule has 1 saturated heterocycles. The first-order valence-corrected chi connectivity index (χ1v) is 12.9. The highest BCUT2D eigenvalue weighted by molar-refractivity contribution is 6.18. The lowest BCUT2D eigenvalue weighted by Crippen LogP contribution is -2.78. The molecule has 1 aromatic carbocycles. The third-order valence-electron chi connectivity index (χ3n) is 8.94. The fourth-order valence-corrected chi connectivity index (χ4v) is 7.92. The molecular weight excluding hydrogens is 435 g/mol. The second-order valence-corrected chi connectivity index (χ2v) is 11.1. The predicted octanol–water partition coefficient (Wildman–Crippen LogP) is 3.10. The number of likely N-dealkylation sites (tertiary alicyclic amines) is 1. The van der Waals surface area contributed by atoms with Crippen LogP contribution >= 0.6 is 23.2 Å². The zero-order chi connectivity index (χ0) is 21.4. The summed E-state index contributed by atoms with van der Waals surface area (Å²) in [5, 5.41) is 23.2. The first-order chi connectivity index (χ1) is 15.0. The topological polar surface area (TPSA) is 56.2 Å². The van der Waals surface area contributed by atoms with Crippen LogP contribution < -0.4 is 4.74 Å². The number of aliphatic hydroxyl groups is 1. The highest BCUT2D eigenvalue weighted by Gasteiger charge is 2.73. The van der Waals surface area contributed by atoms with E-state index in [4.69, 9.17) is 27.9 Å². The van der Waals surface area contributed by atoms with Gasteiger partial charge in [0.25, 0.3) is 0 Å². The van der Waals surface area contributed by atoms with Crippen molar-refractivity contribution in [3.63, 3.8) is 0 Å². The lowest BCUT2D eigenvalue weighted by atomic mass is 9.48. The van der Waals surface area contributed by atoms with E-state index in [0.717, 1.165) is 63.3 Å². The third-order valence-corrected chi connectivity index (χ3v) is 9.28. The Morgan fingerprint density at radius 3 is 2.61 bits per heavy atom. The Kier molecular flexibility index (Phi) is 4.97. The van der Waals surface area contributed by atoms with E-state index >= 15 is 0 Å². The van der Waals surface area contributed by atoms with Gasteiger partial charge in [0.1, 0.15) is 6.10 Å². The van der Waals surface area contributed by atoms with Crippen molar-refractivity contribution in [3.8, 4) is 11.5 Å². The molecule has 0 radical (unpaired) electrons. The van der Waals surface area contributed by atoms with Gasteiger partial charge in [-0.1, -0.05) is 6.07 Å². The Balaban J connectivity index is 1.47. The number of rotatable bonds is 7. The fourth-order valence-electron chi connectivity index (χ4n) is 7.49. The van der Waals surface area contributed by atoms with E-state index < -0.39 is 11.0 Å². The first-order valence-electron chi connectivity index (χ1n) is 11.9. The number of hydrogen-bond donors (Lipinski definition) is 2. The summed E-state index contributed by atoms with van der Waals surface area (Å²) in [5.41, 5.74) is 1.02. The van der Waals surface area contributed by atoms with Gasteiger partial charge in [-0.3, -0.25) is 9.80 Å². The van der Waals surface area contributed by atoms with E-state index in [1.165, 1.54) is 18.4 Å². The average Bonchev–Trinajstić information content (AvgIpc) is 3.49. The molecular formula is C24H32Cl2N2O3. The Hall–Kier alpha value is -0.720. The minimum atomic E-state index is -0.832. The zero-order valence-corrected chi connectivity index (χ0v) is 19.4. The Morgan fingerprint density at radius 1 is 1.13 bits per heavy atom. The Morgan fingerprint density at radius 2 is 1.90 bits per heavy atom. The molecule has 2 N–H and O–H groups in total. The summed E-state index contributed by atoms with van der Waals surface area (Å²) in [6.07, 6.45) is 5.76. The van der Waals surface area contributed by atoms with Gasteiger partial charge in [0.2, 0.25) is 0 Å². The first kappa shape index (κ1) is 20.9. The molecule has 6 rings (SSSR count). The third kappa shape index (κ3) is 2.80. The maximum Gasteiger partial charge on any atom is 0.165 e. The molecule has 0 aromatic heterocycles. The second-order valence-electron chi connectivity index (χ2n) is 10.3. The number of benzene rings is 1. The maximum atomic E-state index is 12.5. The van der Waals surface area contributed by atoms with E-state index in [9.17, 15) is 10.2 Å². The van der Waals surface area contributed by atoms with Crippen molar-refractivity contribution in [2.75, 3.05) is 37.9 Å². The van der Waals surface area contributed by atoms with Crippen LogP contribution in [0.15, 0.2) is 12.1 Å². The van der Waals surface area contributed by atoms with Crippen LogP contribution in [-0.2, 0) is 11.8 Å². The van der Waals surface area contributed by atoms with Crippen molar-refractivity contribution in [2.24, 2.45) is 5.92 Å². The molecule has 5 aliphatic rings. The summed E-state index contributed by atoms with van der Waals surface area (Å²) in [6.45, 7) is 3.58. The van der Waals surface area contributed by atoms with Crippen LogP contribution in [0.5, 0.6) is 11.5 Å². The van der Waals surface area contributed by atoms with Crippen LogP contribution in [0.3, 0.4) is 0 Å². The van der Waals surface area contributed by atoms with E-state index in [1.807, 2.05) is 0 Å². The van der Waals surface area contributed by atoms with E-state index in [2.05, 4.69) is 15.9 Å². The zero-order valence-electron chi connectivity index (χ0n) is 17.9. The maximum absolute atomic E-state index is 12.5. The van der Waals surface area contributed by atoms with Crippen molar-refractivity contribution in [1.29, 1.82) is 0 Å². The number of phenolic OH excluding ortho intramolecular Hbond substituents is 1. The number of alkyl halides is 2. The average molecular weight is 467 g/mol. The van der Waals surface area contributed by atoms with Crippen molar-refractivity contribution in [3.05, 3.63) is 23.3 Å². The van der Waals surface area contributed by atoms with Gasteiger partial charge in [0.15, 0.2) is 11.5 Å². The number of aromatic hydroxyl groups is 1. The normalized spacial score (nSPS) is 38.3. The fraction of sp³-hybridized carbons (Fsp3) is 0.750. The molecule has 2 saturated carbocycles. The van der Waals surface area contributed by atoms with Crippen LogP contribution in [0.2, 0.25) is 0 Å². The van der Waals surface area contributed by atoms with Crippen LogP contribution in [0, 0.1) is 5.92 Å². The molecule has 2 aliphatic heterocycles. The van der Waals surface area contributed by atoms with Gasteiger partial charge in [-0.15, -0.1) is 23.2 Å². The molecule has 31 heavy (non-hydrogen) atoms. The predicted molar refractivity (Wildman–Crippen MR) is 122 cm³/mol. The molecule has 3 aliphatic carbocycles. The summed E-state index contributed by atoms with van der Waals surface area (Å²) >= 11 is 12.3. The van der Waals surface area contributed by atoms with Gasteiger partial charge in [0, 0.05) is 49.0 Å². The Bertz CT molecular complexity index is 875. The molecule has 170 valence electrons. The number of hydrogen-bond acceptors (Lipinski definition) is 5. The van der Waals surface area contributed by atoms with Gasteiger partial charge < -0.3 is 14.9 Å². The molecule has 0 amide bonds. The highest BCUT2D eigenvalue weighted by atomic mass is 35.5. The standard InChI is InChI=1S/C24H32Cl2N2O3/c25-8-11-27(12-9-26)17-5-6-24(30)19-13-16-3-4-18(29)21-20(16)23(24,22(17)31-21)7-10-28(19)14-15-1-2-15/h3-4,15,17,19,22,29-30H,1-2,5-14H2/t17-,19+,22+,23+,24+/m1/s1. The lowest BCUT2D eigenvalue weighted by Gasteiger charge is -2.65. The molecule has 7 heteroatoms. The number of phenols is 1. The summed E-state index contributed by atoms with van der Waals surface area (Å²) < 4.78 is 6.63. The summed E-state index contributed by atoms with van der Waals surface area (Å²) in [6, 6.07) is 4.09. The van der Waals surface area contributed by atoms with Crippen molar-refractivity contribution < 1.29 is 14.9 Å². The van der Waals surface area contributed by atoms with Gasteiger partial charge in [-0.2, -0.15) is 0 Å². The molecule has 2 heterocycles. The molecule has 1 spiro atoms. The van der Waals surface area contributed by atoms with Crippen molar-refractivity contribution in [2.45, 2.75) is 67.7 Å². The number of halogens is 2. The minimum Gasteiger partial charge on any atom is -0.504 e. The van der Waals surface area contributed by atoms with Gasteiger partial charge in [0.05, 0.1) is 11.0 Å². The monoisotopic (exact) mass is 466 g/mol. The van der Waals surface area contributed by atoms with Crippen LogP contribution in [0.25, 0.3) is 0 Å². The van der Waals surface area contributed by atoms with Crippen LogP contribution in [0.4, 0.5) is 0 Å². The van der Waals surface area contributed by atoms with Gasteiger partial charge in [-0.05, 0) is 62.6 Å². The highest BCUT2D eigenvalue weighted by Crippen LogP contribution is 2.66. The largest absolute Gasteiger partial charge is 0.504 e. The van der Waals surface area contributed by atoms with E-state index in [-0.39, 0.29) is 23.9 Å². The molecule has 0 unspecified atom stereocenters. The molecule has 3 fully saturated rings. The summed E-state index contributed by atoms with van der Waals surface area (Å²) in [5.74, 6) is 2.68. The SMILES string of the molecule is Oc1ccc2c3c1O[C@H]1[C@H](N(CCCl)CCCl)CC[C@]4(O)[C@H](C2)N(CC2CC2)CC[C@]314. The molecule has 5 nitrogen and oxygen atoms in total. The molecule has 5 atom stereocenters. The van der Waals surface area contributed by atoms with Gasteiger partial charge in [-0.25, -0.2) is 0 Å². The lowest BCUT2D eigenvalue weighted by molar-refractivity contribution is -0.200. The number of nitrogens with zero attached hydrogens (tertiary/aromatic N) is 2. The molecule has 2 bridgehead atoms. The molecule has 1 aromatic rings. The minimum absolute atomic E-state index is 0.117. The number of ether oxygens (including phenoxy) is 1. The van der Waals surface area contributed by atoms with Gasteiger partial charge >= 0.3 is 0 Å². The smallest absolute Gasteiger partial charge is 0.165 e. The summed E-state index contributed by atoms with van der Waals surface area (Å²) in [7, 11) is 0. The Labute approximate surface area is 194 Å². The van der Waals surface area contributed by atoms with E-state index in [1.54, 1.807) is 6.07 Å². The second kappa shape index (κ2) is 7.39. The van der Waals surface area contributed by atoms with Crippen LogP contribution in [0.1, 0.15) is 43.2 Å². The quantitative estimate of drug-likeness (QED) is 0.604. The summed E-state index contributed by atoms with van der Waals surface area (Å²) in [4.78, 5) is 4.92. The number of piperidine rings is 1. The van der Waals surface area contributed by atoms with Crippen molar-refractivity contribution in [1.82, 2.24) is 9.80 Å². The van der Waals surface area contributed by atoms with E-state index in [0.29, 0.717) is 17.5 Å².